The molecule has 142 valence electrons. The minimum Gasteiger partial charge on any atom is -0.457 e. The van der Waals surface area contributed by atoms with Crippen LogP contribution in [0.2, 0.25) is 0 Å². The number of halogens is 6. The zero-order valence-corrected chi connectivity index (χ0v) is 13.9. The van der Waals surface area contributed by atoms with Gasteiger partial charge in [0.25, 0.3) is 0 Å². The van der Waals surface area contributed by atoms with E-state index >= 15 is 0 Å². The molecule has 0 saturated carbocycles. The second kappa shape index (κ2) is 7.18. The van der Waals surface area contributed by atoms with E-state index < -0.39 is 47.8 Å². The van der Waals surface area contributed by atoms with Gasteiger partial charge in [-0.1, -0.05) is 13.8 Å². The lowest BCUT2D eigenvalue weighted by atomic mass is 9.89. The van der Waals surface area contributed by atoms with Gasteiger partial charge in [0.1, 0.15) is 0 Å². The van der Waals surface area contributed by atoms with Crippen molar-refractivity contribution in [2.75, 3.05) is 0 Å². The lowest BCUT2D eigenvalue weighted by molar-refractivity contribution is -0.392. The van der Waals surface area contributed by atoms with Crippen molar-refractivity contribution in [3.8, 4) is 0 Å². The second-order valence-corrected chi connectivity index (χ2v) is 5.86. The molecule has 0 aromatic rings. The summed E-state index contributed by atoms with van der Waals surface area (Å²) in [6.45, 7) is 5.53. The molecule has 10 heteroatoms. The van der Waals surface area contributed by atoms with Crippen molar-refractivity contribution in [3.05, 3.63) is 0 Å². The summed E-state index contributed by atoms with van der Waals surface area (Å²) in [5.74, 6) is -3.05. The number of hydrogen-bond donors (Lipinski definition) is 0. The topological polar surface area (TPSA) is 52.6 Å². The summed E-state index contributed by atoms with van der Waals surface area (Å²) in [7, 11) is 0. The molecule has 1 unspecified atom stereocenters. The quantitative estimate of drug-likeness (QED) is 0.523. The standard InChI is InChI=1S/C14H20F6O4/c1-6-9(23-10(22)11(4,5)7-2)12(13(15,16)17,14(18,19)20)24-8(3)21/h9H,6-7H2,1-5H3. The summed E-state index contributed by atoms with van der Waals surface area (Å²) in [4.78, 5) is 22.9. The van der Waals surface area contributed by atoms with E-state index in [-0.39, 0.29) is 6.42 Å². The number of esters is 2. The third-order valence-corrected chi connectivity index (χ3v) is 3.66. The van der Waals surface area contributed by atoms with Gasteiger partial charge in [0.15, 0.2) is 6.10 Å². The molecule has 0 aromatic heterocycles. The molecule has 0 aliphatic carbocycles. The summed E-state index contributed by atoms with van der Waals surface area (Å²) in [5.41, 5.74) is -6.23. The van der Waals surface area contributed by atoms with Crippen LogP contribution >= 0.6 is 0 Å². The van der Waals surface area contributed by atoms with Gasteiger partial charge >= 0.3 is 29.9 Å². The molecule has 1 atom stereocenters. The Bertz CT molecular complexity index is 453. The molecule has 0 fully saturated rings. The lowest BCUT2D eigenvalue weighted by Gasteiger charge is -2.41. The minimum absolute atomic E-state index is 0.126. The van der Waals surface area contributed by atoms with Gasteiger partial charge in [-0.15, -0.1) is 0 Å². The van der Waals surface area contributed by atoms with Crippen LogP contribution in [-0.2, 0) is 19.1 Å². The highest BCUT2D eigenvalue weighted by atomic mass is 19.4. The Balaban J connectivity index is 6.18. The van der Waals surface area contributed by atoms with E-state index in [1.54, 1.807) is 0 Å². The van der Waals surface area contributed by atoms with Crippen molar-refractivity contribution in [2.45, 2.75) is 71.5 Å². The predicted molar refractivity (Wildman–Crippen MR) is 70.9 cm³/mol. The smallest absolute Gasteiger partial charge is 0.441 e. The first-order valence-electron chi connectivity index (χ1n) is 7.10. The normalized spacial score (nSPS) is 15.0. The van der Waals surface area contributed by atoms with Crippen LogP contribution in [0.4, 0.5) is 26.3 Å². The van der Waals surface area contributed by atoms with Crippen molar-refractivity contribution >= 4 is 11.9 Å². The average Bonchev–Trinajstić information content (AvgIpc) is 2.39. The Kier molecular flexibility index (Phi) is 6.74. The van der Waals surface area contributed by atoms with Gasteiger partial charge in [-0.3, -0.25) is 9.59 Å². The second-order valence-electron chi connectivity index (χ2n) is 5.86. The van der Waals surface area contributed by atoms with Gasteiger partial charge in [0.2, 0.25) is 0 Å². The predicted octanol–water partition coefficient (Wildman–Crippen LogP) is 4.17. The van der Waals surface area contributed by atoms with E-state index in [4.69, 9.17) is 0 Å². The van der Waals surface area contributed by atoms with E-state index in [0.29, 0.717) is 6.92 Å². The fourth-order valence-corrected chi connectivity index (χ4v) is 1.82. The molecule has 0 aliphatic rings. The van der Waals surface area contributed by atoms with Gasteiger partial charge < -0.3 is 9.47 Å². The molecule has 0 radical (unpaired) electrons. The van der Waals surface area contributed by atoms with E-state index in [0.717, 1.165) is 6.92 Å². The van der Waals surface area contributed by atoms with Crippen LogP contribution in [0.1, 0.15) is 47.5 Å². The van der Waals surface area contributed by atoms with Crippen molar-refractivity contribution in [1.82, 2.24) is 0 Å². The maximum Gasteiger partial charge on any atom is 0.441 e. The molecule has 0 aliphatic heterocycles. The number of ether oxygens (including phenoxy) is 2. The van der Waals surface area contributed by atoms with E-state index in [9.17, 15) is 35.9 Å². The molecular formula is C14H20F6O4. The lowest BCUT2D eigenvalue weighted by Crippen LogP contribution is -2.67. The van der Waals surface area contributed by atoms with Gasteiger partial charge in [0.05, 0.1) is 5.41 Å². The number of alkyl halides is 6. The van der Waals surface area contributed by atoms with Crippen molar-refractivity contribution in [2.24, 2.45) is 5.41 Å². The van der Waals surface area contributed by atoms with Crippen molar-refractivity contribution in [1.29, 1.82) is 0 Å². The third kappa shape index (κ3) is 4.32. The molecule has 0 N–H and O–H groups in total. The van der Waals surface area contributed by atoms with Crippen LogP contribution in [0, 0.1) is 5.41 Å². The molecule has 0 spiro atoms. The molecule has 0 heterocycles. The van der Waals surface area contributed by atoms with Crippen LogP contribution in [0.25, 0.3) is 0 Å². The number of hydrogen-bond acceptors (Lipinski definition) is 4. The molecule has 24 heavy (non-hydrogen) atoms. The van der Waals surface area contributed by atoms with Gasteiger partial charge in [-0.05, 0) is 26.7 Å². The van der Waals surface area contributed by atoms with Crippen LogP contribution in [-0.4, -0.2) is 36.0 Å². The highest BCUT2D eigenvalue weighted by molar-refractivity contribution is 5.76. The largest absolute Gasteiger partial charge is 0.457 e. The molecule has 0 rings (SSSR count). The van der Waals surface area contributed by atoms with E-state index in [1.807, 2.05) is 0 Å². The minimum atomic E-state index is -6.03. The van der Waals surface area contributed by atoms with Crippen LogP contribution < -0.4 is 0 Å². The summed E-state index contributed by atoms with van der Waals surface area (Å²) >= 11 is 0. The molecule has 4 nitrogen and oxygen atoms in total. The molecule has 0 saturated heterocycles. The summed E-state index contributed by atoms with van der Waals surface area (Å²) in [6, 6.07) is 0. The first-order chi connectivity index (χ1) is 10.6. The maximum absolute atomic E-state index is 13.3. The summed E-state index contributed by atoms with van der Waals surface area (Å²) in [5, 5.41) is 0. The fourth-order valence-electron chi connectivity index (χ4n) is 1.82. The van der Waals surface area contributed by atoms with Gasteiger partial charge in [-0.25, -0.2) is 0 Å². The zero-order valence-electron chi connectivity index (χ0n) is 13.9. The SMILES string of the molecule is CCC(OC(=O)C(C)(C)CC)C(OC(C)=O)(C(F)(F)F)C(F)(F)F. The summed E-state index contributed by atoms with van der Waals surface area (Å²) in [6.07, 6.45) is -15.6. The Labute approximate surface area is 135 Å². The van der Waals surface area contributed by atoms with Gasteiger partial charge in [-0.2, -0.15) is 26.3 Å². The first kappa shape index (κ1) is 22.5. The first-order valence-corrected chi connectivity index (χ1v) is 7.10. The Hall–Kier alpha value is -1.48. The number of rotatable bonds is 6. The molecule has 0 aromatic carbocycles. The van der Waals surface area contributed by atoms with Gasteiger partial charge in [0, 0.05) is 6.92 Å². The average molecular weight is 366 g/mol. The maximum atomic E-state index is 13.3. The molecule has 0 amide bonds. The number of carbonyl (C=O) groups is 2. The Morgan fingerprint density at radius 2 is 1.38 bits per heavy atom. The van der Waals surface area contributed by atoms with Crippen LogP contribution in [0.15, 0.2) is 0 Å². The molecule has 0 bridgehead atoms. The highest BCUT2D eigenvalue weighted by Crippen LogP contribution is 2.50. The van der Waals surface area contributed by atoms with Crippen molar-refractivity contribution < 1.29 is 45.4 Å². The van der Waals surface area contributed by atoms with E-state index in [1.165, 1.54) is 20.8 Å². The third-order valence-electron chi connectivity index (χ3n) is 3.66. The van der Waals surface area contributed by atoms with Crippen molar-refractivity contribution in [3.63, 3.8) is 0 Å². The Morgan fingerprint density at radius 1 is 0.958 bits per heavy atom. The fraction of sp³-hybridized carbons (Fsp3) is 0.857. The number of carbonyl (C=O) groups excluding carboxylic acids is 2. The molecular weight excluding hydrogens is 346 g/mol. The zero-order chi connectivity index (χ0) is 19.6. The van der Waals surface area contributed by atoms with Crippen LogP contribution in [0.5, 0.6) is 0 Å². The van der Waals surface area contributed by atoms with Crippen LogP contribution in [0.3, 0.4) is 0 Å². The summed E-state index contributed by atoms with van der Waals surface area (Å²) < 4.78 is 88.1. The van der Waals surface area contributed by atoms with E-state index in [2.05, 4.69) is 9.47 Å². The highest BCUT2D eigenvalue weighted by Gasteiger charge is 2.78. The Morgan fingerprint density at radius 3 is 1.62 bits per heavy atom. The monoisotopic (exact) mass is 366 g/mol.